The summed E-state index contributed by atoms with van der Waals surface area (Å²) < 4.78 is 1.47. The topological polar surface area (TPSA) is 75.4 Å². The largest absolute Gasteiger partial charge is 0.396 e. The SMILES string of the molecule is Cn1c(=O)c(C(=O)N2CCCCC2CCO)nc2ccccc21. The third-order valence-corrected chi connectivity index (χ3v) is 4.54. The lowest BCUT2D eigenvalue weighted by atomic mass is 9.99. The molecule has 1 amide bonds. The molecule has 2 aromatic rings. The maximum Gasteiger partial charge on any atom is 0.282 e. The Labute approximate surface area is 134 Å². The van der Waals surface area contributed by atoms with Crippen LogP contribution in [0.5, 0.6) is 0 Å². The van der Waals surface area contributed by atoms with Gasteiger partial charge in [-0.3, -0.25) is 9.59 Å². The number of aliphatic hydroxyl groups is 1. The fourth-order valence-corrected chi connectivity index (χ4v) is 3.27. The molecule has 23 heavy (non-hydrogen) atoms. The maximum atomic E-state index is 12.9. The normalized spacial score (nSPS) is 18.3. The van der Waals surface area contributed by atoms with Gasteiger partial charge < -0.3 is 14.6 Å². The minimum absolute atomic E-state index is 0.0146. The van der Waals surface area contributed by atoms with E-state index in [1.807, 2.05) is 18.2 Å². The van der Waals surface area contributed by atoms with Gasteiger partial charge in [-0.1, -0.05) is 12.1 Å². The first-order chi connectivity index (χ1) is 11.1. The number of fused-ring (bicyclic) bond motifs is 1. The van der Waals surface area contributed by atoms with E-state index >= 15 is 0 Å². The third-order valence-electron chi connectivity index (χ3n) is 4.54. The molecule has 1 fully saturated rings. The van der Waals surface area contributed by atoms with E-state index in [2.05, 4.69) is 4.98 Å². The quantitative estimate of drug-likeness (QED) is 0.926. The van der Waals surface area contributed by atoms with Gasteiger partial charge in [-0.2, -0.15) is 0 Å². The van der Waals surface area contributed by atoms with Gasteiger partial charge in [0.25, 0.3) is 11.5 Å². The van der Waals surface area contributed by atoms with Crippen molar-refractivity contribution in [3.8, 4) is 0 Å². The Morgan fingerprint density at radius 1 is 1.35 bits per heavy atom. The average Bonchev–Trinajstić information content (AvgIpc) is 2.58. The van der Waals surface area contributed by atoms with Crippen molar-refractivity contribution in [1.29, 1.82) is 0 Å². The number of amides is 1. The zero-order chi connectivity index (χ0) is 16.4. The minimum Gasteiger partial charge on any atom is -0.396 e. The van der Waals surface area contributed by atoms with E-state index in [-0.39, 0.29) is 29.8 Å². The second kappa shape index (κ2) is 6.50. The molecular formula is C17H21N3O3. The van der Waals surface area contributed by atoms with Crippen LogP contribution in [-0.4, -0.2) is 44.7 Å². The molecule has 1 aliphatic heterocycles. The van der Waals surface area contributed by atoms with Crippen molar-refractivity contribution in [2.24, 2.45) is 7.05 Å². The average molecular weight is 315 g/mol. The van der Waals surface area contributed by atoms with Gasteiger partial charge in [-0.15, -0.1) is 0 Å². The van der Waals surface area contributed by atoms with Crippen molar-refractivity contribution in [3.63, 3.8) is 0 Å². The lowest BCUT2D eigenvalue weighted by Crippen LogP contribution is -2.46. The summed E-state index contributed by atoms with van der Waals surface area (Å²) in [5.41, 5.74) is 0.936. The highest BCUT2D eigenvalue weighted by Crippen LogP contribution is 2.21. The molecule has 1 aromatic carbocycles. The van der Waals surface area contributed by atoms with Crippen LogP contribution in [0, 0.1) is 0 Å². The maximum absolute atomic E-state index is 12.9. The molecule has 1 aliphatic rings. The molecular weight excluding hydrogens is 294 g/mol. The summed E-state index contributed by atoms with van der Waals surface area (Å²) in [6.07, 6.45) is 3.36. The standard InChI is InChI=1S/C17H21N3O3/c1-19-14-8-3-2-7-13(14)18-15(16(19)22)17(23)20-10-5-4-6-12(20)9-11-21/h2-3,7-8,12,21H,4-6,9-11H2,1H3. The first-order valence-electron chi connectivity index (χ1n) is 8.01. The van der Waals surface area contributed by atoms with Crippen LogP contribution >= 0.6 is 0 Å². The zero-order valence-electron chi connectivity index (χ0n) is 13.2. The van der Waals surface area contributed by atoms with Crippen LogP contribution in [0.2, 0.25) is 0 Å². The van der Waals surface area contributed by atoms with Crippen LogP contribution in [0.15, 0.2) is 29.1 Å². The van der Waals surface area contributed by atoms with Crippen molar-refractivity contribution in [2.75, 3.05) is 13.2 Å². The highest BCUT2D eigenvalue weighted by atomic mass is 16.3. The fourth-order valence-electron chi connectivity index (χ4n) is 3.27. The highest BCUT2D eigenvalue weighted by molar-refractivity contribution is 5.94. The predicted molar refractivity (Wildman–Crippen MR) is 87.4 cm³/mol. The summed E-state index contributed by atoms with van der Waals surface area (Å²) in [6, 6.07) is 7.27. The number of aryl methyl sites for hydroxylation is 1. The van der Waals surface area contributed by atoms with Crippen LogP contribution in [-0.2, 0) is 7.05 Å². The number of rotatable bonds is 3. The zero-order valence-corrected chi connectivity index (χ0v) is 13.2. The Hall–Kier alpha value is -2.21. The molecule has 2 heterocycles. The van der Waals surface area contributed by atoms with E-state index in [4.69, 9.17) is 0 Å². The van der Waals surface area contributed by atoms with Crippen LogP contribution < -0.4 is 5.56 Å². The van der Waals surface area contributed by atoms with E-state index < -0.39 is 0 Å². The lowest BCUT2D eigenvalue weighted by Gasteiger charge is -2.35. The number of piperidine rings is 1. The van der Waals surface area contributed by atoms with E-state index in [1.165, 1.54) is 4.57 Å². The van der Waals surface area contributed by atoms with Crippen LogP contribution in [0.1, 0.15) is 36.2 Å². The molecule has 6 heteroatoms. The first kappa shape index (κ1) is 15.7. The smallest absolute Gasteiger partial charge is 0.282 e. The second-order valence-electron chi connectivity index (χ2n) is 5.97. The minimum atomic E-state index is -0.373. The molecule has 122 valence electrons. The van der Waals surface area contributed by atoms with E-state index in [0.29, 0.717) is 24.0 Å². The van der Waals surface area contributed by atoms with Gasteiger partial charge >= 0.3 is 0 Å². The molecule has 1 aromatic heterocycles. The molecule has 3 rings (SSSR count). The molecule has 0 radical (unpaired) electrons. The van der Waals surface area contributed by atoms with Crippen molar-refractivity contribution in [1.82, 2.24) is 14.5 Å². The van der Waals surface area contributed by atoms with Crippen molar-refractivity contribution in [3.05, 3.63) is 40.3 Å². The molecule has 0 aliphatic carbocycles. The molecule has 0 spiro atoms. The molecule has 6 nitrogen and oxygen atoms in total. The molecule has 1 unspecified atom stereocenters. The van der Waals surface area contributed by atoms with Gasteiger partial charge in [0, 0.05) is 26.2 Å². The van der Waals surface area contributed by atoms with E-state index in [0.717, 1.165) is 19.3 Å². The second-order valence-corrected chi connectivity index (χ2v) is 5.97. The van der Waals surface area contributed by atoms with E-state index in [1.54, 1.807) is 18.0 Å². The summed E-state index contributed by atoms with van der Waals surface area (Å²) in [4.78, 5) is 31.4. The van der Waals surface area contributed by atoms with Gasteiger partial charge in [0.1, 0.15) is 0 Å². The number of carbonyl (C=O) groups is 1. The van der Waals surface area contributed by atoms with Gasteiger partial charge in [0.2, 0.25) is 0 Å². The van der Waals surface area contributed by atoms with Crippen molar-refractivity contribution in [2.45, 2.75) is 31.7 Å². The summed E-state index contributed by atoms with van der Waals surface area (Å²) in [7, 11) is 1.66. The number of nitrogens with zero attached hydrogens (tertiary/aromatic N) is 3. The highest BCUT2D eigenvalue weighted by Gasteiger charge is 2.30. The molecule has 0 saturated carbocycles. The molecule has 0 bridgehead atoms. The third kappa shape index (κ3) is 2.86. The fraction of sp³-hybridized carbons (Fsp3) is 0.471. The number of hydrogen-bond donors (Lipinski definition) is 1. The molecule has 1 N–H and O–H groups in total. The monoisotopic (exact) mass is 315 g/mol. The number of likely N-dealkylation sites (tertiary alicyclic amines) is 1. The van der Waals surface area contributed by atoms with Gasteiger partial charge in [-0.05, 0) is 37.8 Å². The number of para-hydroxylation sites is 2. The van der Waals surface area contributed by atoms with Crippen molar-refractivity contribution < 1.29 is 9.90 Å². The van der Waals surface area contributed by atoms with Crippen LogP contribution in [0.25, 0.3) is 11.0 Å². The number of benzene rings is 1. The first-order valence-corrected chi connectivity index (χ1v) is 8.01. The van der Waals surface area contributed by atoms with Crippen LogP contribution in [0.3, 0.4) is 0 Å². The summed E-state index contributed by atoms with van der Waals surface area (Å²) in [5.74, 6) is -0.325. The summed E-state index contributed by atoms with van der Waals surface area (Å²) in [5, 5.41) is 9.21. The van der Waals surface area contributed by atoms with Gasteiger partial charge in [0.05, 0.1) is 11.0 Å². The Morgan fingerprint density at radius 3 is 2.91 bits per heavy atom. The number of aliphatic hydroxyl groups excluding tert-OH is 1. The number of hydrogen-bond acceptors (Lipinski definition) is 4. The number of carbonyl (C=O) groups excluding carboxylic acids is 1. The van der Waals surface area contributed by atoms with Gasteiger partial charge in [0.15, 0.2) is 5.69 Å². The number of aromatic nitrogens is 2. The van der Waals surface area contributed by atoms with Crippen LogP contribution in [0.4, 0.5) is 0 Å². The van der Waals surface area contributed by atoms with E-state index in [9.17, 15) is 14.7 Å². The summed E-state index contributed by atoms with van der Waals surface area (Å²) in [6.45, 7) is 0.652. The molecule has 1 atom stereocenters. The Bertz CT molecular complexity index is 782. The van der Waals surface area contributed by atoms with Gasteiger partial charge in [-0.25, -0.2) is 4.98 Å². The summed E-state index contributed by atoms with van der Waals surface area (Å²) >= 11 is 0. The Morgan fingerprint density at radius 2 is 2.13 bits per heavy atom. The molecule has 1 saturated heterocycles. The Kier molecular flexibility index (Phi) is 4.43. The van der Waals surface area contributed by atoms with Crippen molar-refractivity contribution >= 4 is 16.9 Å². The Balaban J connectivity index is 2.03. The predicted octanol–water partition coefficient (Wildman–Crippen LogP) is 1.31. The lowest BCUT2D eigenvalue weighted by molar-refractivity contribution is 0.0566.